The lowest BCUT2D eigenvalue weighted by Crippen LogP contribution is -2.42. The van der Waals surface area contributed by atoms with Crippen LogP contribution in [0.3, 0.4) is 0 Å². The molecule has 3 rings (SSSR count). The number of nitrogens with one attached hydrogen (secondary N) is 2. The van der Waals surface area contributed by atoms with Gasteiger partial charge in [-0.15, -0.1) is 0 Å². The molecule has 6 nitrogen and oxygen atoms in total. The average molecular weight is 338 g/mol. The second kappa shape index (κ2) is 7.53. The van der Waals surface area contributed by atoms with Crippen molar-refractivity contribution in [2.45, 2.75) is 19.1 Å². The predicted molar refractivity (Wildman–Crippen MR) is 93.2 cm³/mol. The van der Waals surface area contributed by atoms with Crippen LogP contribution >= 0.6 is 0 Å². The minimum Gasteiger partial charge on any atom is -0.480 e. The Bertz CT molecular complexity index is 873. The highest BCUT2D eigenvalue weighted by Crippen LogP contribution is 2.15. The number of hydrogen-bond acceptors (Lipinski definition) is 3. The van der Waals surface area contributed by atoms with Gasteiger partial charge in [0.2, 0.25) is 0 Å². The summed E-state index contributed by atoms with van der Waals surface area (Å²) in [6, 6.07) is 15.7. The summed E-state index contributed by atoms with van der Waals surface area (Å²) in [7, 11) is 0. The third-order valence-electron chi connectivity index (χ3n) is 3.86. The molecule has 1 aromatic heterocycles. The van der Waals surface area contributed by atoms with Gasteiger partial charge in [-0.2, -0.15) is 0 Å². The molecule has 1 atom stereocenters. The van der Waals surface area contributed by atoms with Crippen molar-refractivity contribution in [3.63, 3.8) is 0 Å². The van der Waals surface area contributed by atoms with E-state index in [1.165, 1.54) is 0 Å². The fourth-order valence-electron chi connectivity index (χ4n) is 2.57. The maximum absolute atomic E-state index is 11.9. The van der Waals surface area contributed by atoms with E-state index >= 15 is 0 Å². The molecule has 3 N–H and O–H groups in total. The molecule has 0 saturated carbocycles. The molecule has 1 unspecified atom stereocenters. The van der Waals surface area contributed by atoms with Gasteiger partial charge in [-0.3, -0.25) is 0 Å². The van der Waals surface area contributed by atoms with Crippen LogP contribution in [0.2, 0.25) is 0 Å². The number of fused-ring (bicyclic) bond motifs is 1. The minimum atomic E-state index is -1.11. The number of H-pyrrole nitrogens is 1. The van der Waals surface area contributed by atoms with Crippen LogP contribution in [0.5, 0.6) is 0 Å². The van der Waals surface area contributed by atoms with Crippen molar-refractivity contribution in [1.82, 2.24) is 10.3 Å². The lowest BCUT2D eigenvalue weighted by Gasteiger charge is -2.15. The summed E-state index contributed by atoms with van der Waals surface area (Å²) in [5.74, 6) is -1.11. The van der Waals surface area contributed by atoms with Crippen molar-refractivity contribution in [2.75, 3.05) is 0 Å². The van der Waals surface area contributed by atoms with Crippen molar-refractivity contribution in [1.29, 1.82) is 0 Å². The van der Waals surface area contributed by atoms with Gasteiger partial charge in [0, 0.05) is 18.1 Å². The molecule has 0 fully saturated rings. The molecule has 25 heavy (non-hydrogen) atoms. The number of carbonyl (C=O) groups is 2. The van der Waals surface area contributed by atoms with Gasteiger partial charge in [-0.25, -0.2) is 9.59 Å². The summed E-state index contributed by atoms with van der Waals surface area (Å²) < 4.78 is 5.09. The number of aromatic nitrogens is 1. The predicted octanol–water partition coefficient (Wildman–Crippen LogP) is 3.09. The van der Waals surface area contributed by atoms with Crippen LogP contribution in [-0.2, 0) is 22.6 Å². The summed E-state index contributed by atoms with van der Waals surface area (Å²) in [4.78, 5) is 26.4. The monoisotopic (exact) mass is 338 g/mol. The standard InChI is InChI=1S/C19H18N2O4/c22-18(23)17(11-14-6-7-16-15(10-14)8-9-20-16)21-19(24)25-12-13-4-2-1-3-5-13/h1-10,17,20H,11-12H2,(H,21,24)(H,22,23). The molecule has 2 aromatic carbocycles. The fourth-order valence-corrected chi connectivity index (χ4v) is 2.57. The molecule has 128 valence electrons. The Labute approximate surface area is 144 Å². The fraction of sp³-hybridized carbons (Fsp3) is 0.158. The summed E-state index contributed by atoms with van der Waals surface area (Å²) in [5, 5.41) is 12.8. The van der Waals surface area contributed by atoms with Crippen LogP contribution in [0, 0.1) is 0 Å². The Balaban J connectivity index is 1.60. The lowest BCUT2D eigenvalue weighted by molar-refractivity contribution is -0.139. The zero-order valence-electron chi connectivity index (χ0n) is 13.4. The first kappa shape index (κ1) is 16.6. The van der Waals surface area contributed by atoms with E-state index in [0.717, 1.165) is 22.0 Å². The largest absolute Gasteiger partial charge is 0.480 e. The van der Waals surface area contributed by atoms with Crippen LogP contribution in [0.1, 0.15) is 11.1 Å². The van der Waals surface area contributed by atoms with Gasteiger partial charge >= 0.3 is 12.1 Å². The molecule has 1 amide bonds. The minimum absolute atomic E-state index is 0.0916. The molecule has 6 heteroatoms. The van der Waals surface area contributed by atoms with Crippen LogP contribution in [-0.4, -0.2) is 28.2 Å². The van der Waals surface area contributed by atoms with Gasteiger partial charge in [-0.1, -0.05) is 36.4 Å². The molecule has 0 saturated heterocycles. The first-order valence-corrected chi connectivity index (χ1v) is 7.88. The topological polar surface area (TPSA) is 91.4 Å². The van der Waals surface area contributed by atoms with E-state index in [0.29, 0.717) is 0 Å². The van der Waals surface area contributed by atoms with Crippen molar-refractivity contribution in [3.05, 3.63) is 71.9 Å². The zero-order valence-corrected chi connectivity index (χ0v) is 13.4. The molecule has 0 radical (unpaired) electrons. The number of ether oxygens (including phenoxy) is 1. The highest BCUT2D eigenvalue weighted by molar-refractivity contribution is 5.82. The Hall–Kier alpha value is -3.28. The highest BCUT2D eigenvalue weighted by Gasteiger charge is 2.21. The second-order valence-electron chi connectivity index (χ2n) is 5.70. The molecule has 0 bridgehead atoms. The third kappa shape index (κ3) is 4.38. The molecule has 0 spiro atoms. The SMILES string of the molecule is O=C(NC(Cc1ccc2[nH]ccc2c1)C(=O)O)OCc1ccccc1. The summed E-state index contributed by atoms with van der Waals surface area (Å²) in [6.45, 7) is 0.0916. The van der Waals surface area contributed by atoms with Crippen molar-refractivity contribution < 1.29 is 19.4 Å². The number of aromatic amines is 1. The smallest absolute Gasteiger partial charge is 0.408 e. The number of alkyl carbamates (subject to hydrolysis) is 1. The second-order valence-corrected chi connectivity index (χ2v) is 5.70. The maximum atomic E-state index is 11.9. The Morgan fingerprint density at radius 2 is 1.88 bits per heavy atom. The van der Waals surface area contributed by atoms with Gasteiger partial charge in [0.25, 0.3) is 0 Å². The number of hydrogen-bond donors (Lipinski definition) is 3. The first-order chi connectivity index (χ1) is 12.1. The number of benzene rings is 2. The number of carboxylic acids is 1. The number of rotatable bonds is 6. The lowest BCUT2D eigenvalue weighted by atomic mass is 10.0. The molecule has 0 aliphatic carbocycles. The third-order valence-corrected chi connectivity index (χ3v) is 3.86. The van der Waals surface area contributed by atoms with E-state index in [4.69, 9.17) is 4.74 Å². The highest BCUT2D eigenvalue weighted by atomic mass is 16.5. The van der Waals surface area contributed by atoms with E-state index in [9.17, 15) is 14.7 Å². The summed E-state index contributed by atoms with van der Waals surface area (Å²) >= 11 is 0. The van der Waals surface area contributed by atoms with Crippen molar-refractivity contribution in [2.24, 2.45) is 0 Å². The quantitative estimate of drug-likeness (QED) is 0.644. The zero-order chi connectivity index (χ0) is 17.6. The maximum Gasteiger partial charge on any atom is 0.408 e. The number of aliphatic carboxylic acids is 1. The van der Waals surface area contributed by atoms with Crippen LogP contribution in [0.4, 0.5) is 4.79 Å². The Kier molecular flexibility index (Phi) is 4.99. The van der Waals surface area contributed by atoms with E-state index in [1.807, 2.05) is 60.8 Å². The van der Waals surface area contributed by atoms with Gasteiger partial charge < -0.3 is 20.1 Å². The number of carboxylic acid groups (broad SMARTS) is 1. The van der Waals surface area contributed by atoms with Gasteiger partial charge in [-0.05, 0) is 34.7 Å². The van der Waals surface area contributed by atoms with E-state index in [2.05, 4.69) is 10.3 Å². The molecule has 0 aliphatic rings. The van der Waals surface area contributed by atoms with Crippen LogP contribution in [0.15, 0.2) is 60.8 Å². The molecule has 1 heterocycles. The Morgan fingerprint density at radius 3 is 2.64 bits per heavy atom. The van der Waals surface area contributed by atoms with Gasteiger partial charge in [0.1, 0.15) is 12.6 Å². The van der Waals surface area contributed by atoms with Gasteiger partial charge in [0.05, 0.1) is 0 Å². The van der Waals surface area contributed by atoms with Crippen LogP contribution < -0.4 is 5.32 Å². The molecule has 0 aliphatic heterocycles. The van der Waals surface area contributed by atoms with E-state index in [1.54, 1.807) is 0 Å². The summed E-state index contributed by atoms with van der Waals surface area (Å²) in [5.41, 5.74) is 2.64. The van der Waals surface area contributed by atoms with E-state index in [-0.39, 0.29) is 13.0 Å². The van der Waals surface area contributed by atoms with Crippen LogP contribution in [0.25, 0.3) is 10.9 Å². The summed E-state index contributed by atoms with van der Waals surface area (Å²) in [6.07, 6.45) is 1.25. The van der Waals surface area contributed by atoms with Gasteiger partial charge in [0.15, 0.2) is 0 Å². The van der Waals surface area contributed by atoms with Crippen molar-refractivity contribution in [3.8, 4) is 0 Å². The first-order valence-electron chi connectivity index (χ1n) is 7.88. The molecule has 3 aromatic rings. The number of amides is 1. The van der Waals surface area contributed by atoms with Crippen molar-refractivity contribution >= 4 is 23.0 Å². The average Bonchev–Trinajstić information content (AvgIpc) is 3.08. The molecular weight excluding hydrogens is 320 g/mol. The van der Waals surface area contributed by atoms with E-state index < -0.39 is 18.1 Å². The Morgan fingerprint density at radius 1 is 1.08 bits per heavy atom. The number of carbonyl (C=O) groups excluding carboxylic acids is 1. The normalized spacial score (nSPS) is 11.8. The molecular formula is C19H18N2O4.